The Hall–Kier alpha value is -2.27. The van der Waals surface area contributed by atoms with Crippen molar-refractivity contribution in [1.82, 2.24) is 9.47 Å². The molecule has 5 heteroatoms. The minimum Gasteiger partial charge on any atom is -0.490 e. The van der Waals surface area contributed by atoms with Crippen molar-refractivity contribution >= 4 is 5.97 Å². The monoisotopic (exact) mass is 354 g/mol. The predicted molar refractivity (Wildman–Crippen MR) is 100.0 cm³/mol. The molecule has 2 aromatic rings. The van der Waals surface area contributed by atoms with Crippen LogP contribution in [0, 0.1) is 0 Å². The van der Waals surface area contributed by atoms with Gasteiger partial charge in [-0.25, -0.2) is 4.79 Å². The SMILES string of the molecule is COC(=O)c1ccn(-c2ccc(OC3CCN(C4CCC4)CC3)cc2)c1. The summed E-state index contributed by atoms with van der Waals surface area (Å²) in [6.07, 6.45) is 10.3. The molecule has 2 heterocycles. The lowest BCUT2D eigenvalue weighted by atomic mass is 9.90. The Balaban J connectivity index is 1.33. The highest BCUT2D eigenvalue weighted by Gasteiger charge is 2.29. The molecule has 4 rings (SSSR count). The summed E-state index contributed by atoms with van der Waals surface area (Å²) in [7, 11) is 1.39. The quantitative estimate of drug-likeness (QED) is 0.769. The summed E-state index contributed by atoms with van der Waals surface area (Å²) >= 11 is 0. The lowest BCUT2D eigenvalue weighted by Gasteiger charge is -2.41. The number of carbonyl (C=O) groups is 1. The molecule has 1 aliphatic carbocycles. The summed E-state index contributed by atoms with van der Waals surface area (Å²) in [5.41, 5.74) is 1.54. The summed E-state index contributed by atoms with van der Waals surface area (Å²) in [5.74, 6) is 0.591. The first-order valence-electron chi connectivity index (χ1n) is 9.50. The molecule has 5 nitrogen and oxygen atoms in total. The number of hydrogen-bond donors (Lipinski definition) is 0. The average Bonchev–Trinajstić information content (AvgIpc) is 3.12. The molecule has 2 aliphatic rings. The molecular formula is C21H26N2O3. The molecule has 1 aliphatic heterocycles. The van der Waals surface area contributed by atoms with Gasteiger partial charge in [-0.3, -0.25) is 0 Å². The number of benzene rings is 1. The molecule has 1 aromatic carbocycles. The zero-order valence-corrected chi connectivity index (χ0v) is 15.3. The van der Waals surface area contributed by atoms with E-state index in [9.17, 15) is 4.79 Å². The number of rotatable bonds is 5. The number of likely N-dealkylation sites (tertiary alicyclic amines) is 1. The van der Waals surface area contributed by atoms with E-state index in [0.717, 1.165) is 43.4 Å². The Bertz CT molecular complexity index is 741. The Morgan fingerprint density at radius 2 is 1.77 bits per heavy atom. The van der Waals surface area contributed by atoms with Crippen molar-refractivity contribution in [2.75, 3.05) is 20.2 Å². The molecule has 0 spiro atoms. The van der Waals surface area contributed by atoms with Gasteiger partial charge in [0.05, 0.1) is 12.7 Å². The van der Waals surface area contributed by atoms with Crippen molar-refractivity contribution in [1.29, 1.82) is 0 Å². The number of hydrogen-bond acceptors (Lipinski definition) is 4. The third-order valence-corrected chi connectivity index (χ3v) is 5.62. The zero-order chi connectivity index (χ0) is 17.9. The van der Waals surface area contributed by atoms with Crippen LogP contribution >= 0.6 is 0 Å². The standard InChI is InChI=1S/C21H26N2O3/c1-25-21(24)16-9-12-23(15-16)18-5-7-19(8-6-18)26-20-10-13-22(14-11-20)17-3-2-4-17/h5-9,12,15,17,20H,2-4,10-11,13-14H2,1H3. The van der Waals surface area contributed by atoms with Crippen LogP contribution in [0.5, 0.6) is 5.75 Å². The van der Waals surface area contributed by atoms with Crippen molar-refractivity contribution < 1.29 is 14.3 Å². The van der Waals surface area contributed by atoms with Crippen molar-refractivity contribution in [2.45, 2.75) is 44.2 Å². The average molecular weight is 354 g/mol. The molecule has 2 fully saturated rings. The van der Waals surface area contributed by atoms with Gasteiger partial charge in [0.25, 0.3) is 0 Å². The van der Waals surface area contributed by atoms with Gasteiger partial charge in [-0.2, -0.15) is 0 Å². The highest BCUT2D eigenvalue weighted by atomic mass is 16.5. The second-order valence-electron chi connectivity index (χ2n) is 7.23. The molecular weight excluding hydrogens is 328 g/mol. The van der Waals surface area contributed by atoms with Crippen LogP contribution in [0.25, 0.3) is 5.69 Å². The third kappa shape index (κ3) is 3.63. The Morgan fingerprint density at radius 1 is 1.04 bits per heavy atom. The molecule has 0 radical (unpaired) electrons. The fourth-order valence-electron chi connectivity index (χ4n) is 3.80. The first-order valence-corrected chi connectivity index (χ1v) is 9.50. The topological polar surface area (TPSA) is 43.7 Å². The second kappa shape index (κ2) is 7.54. The van der Waals surface area contributed by atoms with E-state index in [1.54, 1.807) is 12.3 Å². The third-order valence-electron chi connectivity index (χ3n) is 5.62. The van der Waals surface area contributed by atoms with Crippen LogP contribution in [-0.4, -0.2) is 47.8 Å². The number of carbonyl (C=O) groups excluding carboxylic acids is 1. The fraction of sp³-hybridized carbons (Fsp3) is 0.476. The van der Waals surface area contributed by atoms with E-state index < -0.39 is 0 Å². The van der Waals surface area contributed by atoms with Gasteiger partial charge in [0.2, 0.25) is 0 Å². The van der Waals surface area contributed by atoms with Crippen molar-refractivity contribution in [3.8, 4) is 11.4 Å². The molecule has 26 heavy (non-hydrogen) atoms. The van der Waals surface area contributed by atoms with Gasteiger partial charge in [-0.1, -0.05) is 6.42 Å². The molecule has 1 aromatic heterocycles. The van der Waals surface area contributed by atoms with Crippen molar-refractivity contribution in [2.24, 2.45) is 0 Å². The van der Waals surface area contributed by atoms with Crippen LogP contribution < -0.4 is 4.74 Å². The van der Waals surface area contributed by atoms with Crippen LogP contribution in [0.4, 0.5) is 0 Å². The van der Waals surface area contributed by atoms with Gasteiger partial charge in [0.15, 0.2) is 0 Å². The van der Waals surface area contributed by atoms with E-state index in [4.69, 9.17) is 9.47 Å². The molecule has 0 amide bonds. The summed E-state index contributed by atoms with van der Waals surface area (Å²) in [4.78, 5) is 14.2. The Morgan fingerprint density at radius 3 is 2.38 bits per heavy atom. The number of nitrogens with zero attached hydrogens (tertiary/aromatic N) is 2. The van der Waals surface area contributed by atoms with Gasteiger partial charge in [0.1, 0.15) is 11.9 Å². The highest BCUT2D eigenvalue weighted by Crippen LogP contribution is 2.28. The van der Waals surface area contributed by atoms with Crippen LogP contribution in [0.1, 0.15) is 42.5 Å². The molecule has 0 bridgehead atoms. The maximum Gasteiger partial charge on any atom is 0.339 e. The minimum absolute atomic E-state index is 0.315. The Labute approximate surface area is 154 Å². The minimum atomic E-state index is -0.322. The van der Waals surface area contributed by atoms with Crippen molar-refractivity contribution in [3.63, 3.8) is 0 Å². The van der Waals surface area contributed by atoms with Gasteiger partial charge in [-0.15, -0.1) is 0 Å². The van der Waals surface area contributed by atoms with E-state index in [1.165, 1.54) is 26.4 Å². The van der Waals surface area contributed by atoms with E-state index in [0.29, 0.717) is 11.7 Å². The lowest BCUT2D eigenvalue weighted by molar-refractivity contribution is 0.0493. The highest BCUT2D eigenvalue weighted by molar-refractivity contribution is 5.89. The normalized spacial score (nSPS) is 19.1. The van der Waals surface area contributed by atoms with Crippen LogP contribution in [-0.2, 0) is 4.74 Å². The maximum absolute atomic E-state index is 11.6. The Kier molecular flexibility index (Phi) is 4.98. The molecule has 0 unspecified atom stereocenters. The molecule has 1 saturated heterocycles. The van der Waals surface area contributed by atoms with E-state index in [1.807, 2.05) is 35.0 Å². The smallest absolute Gasteiger partial charge is 0.339 e. The molecule has 1 saturated carbocycles. The van der Waals surface area contributed by atoms with E-state index in [-0.39, 0.29) is 5.97 Å². The lowest BCUT2D eigenvalue weighted by Crippen LogP contribution is -2.46. The largest absolute Gasteiger partial charge is 0.490 e. The number of esters is 1. The first kappa shape index (κ1) is 17.2. The van der Waals surface area contributed by atoms with Crippen molar-refractivity contribution in [3.05, 3.63) is 48.3 Å². The van der Waals surface area contributed by atoms with E-state index in [2.05, 4.69) is 4.90 Å². The first-order chi connectivity index (χ1) is 12.7. The van der Waals surface area contributed by atoms with Crippen LogP contribution in [0.3, 0.4) is 0 Å². The van der Waals surface area contributed by atoms with E-state index >= 15 is 0 Å². The zero-order valence-electron chi connectivity index (χ0n) is 15.3. The second-order valence-corrected chi connectivity index (χ2v) is 7.23. The van der Waals surface area contributed by atoms with Crippen LogP contribution in [0.2, 0.25) is 0 Å². The fourth-order valence-corrected chi connectivity index (χ4v) is 3.80. The summed E-state index contributed by atoms with van der Waals surface area (Å²) in [5, 5.41) is 0. The predicted octanol–water partition coefficient (Wildman–Crippen LogP) is 3.66. The summed E-state index contributed by atoms with van der Waals surface area (Å²) < 4.78 is 12.8. The maximum atomic E-state index is 11.6. The van der Waals surface area contributed by atoms with Gasteiger partial charge in [-0.05, 0) is 56.0 Å². The van der Waals surface area contributed by atoms with Gasteiger partial charge in [0, 0.05) is 37.2 Å². The molecule has 0 N–H and O–H groups in total. The number of ether oxygens (including phenoxy) is 2. The van der Waals surface area contributed by atoms with Gasteiger partial charge >= 0.3 is 5.97 Å². The van der Waals surface area contributed by atoms with Gasteiger partial charge < -0.3 is 18.9 Å². The molecule has 138 valence electrons. The summed E-state index contributed by atoms with van der Waals surface area (Å²) in [6.45, 7) is 2.32. The number of piperidine rings is 1. The van der Waals surface area contributed by atoms with Crippen LogP contribution in [0.15, 0.2) is 42.7 Å². The summed E-state index contributed by atoms with van der Waals surface area (Å²) in [6, 6.07) is 10.6. The number of methoxy groups -OCH3 is 1. The molecule has 0 atom stereocenters. The number of aromatic nitrogens is 1.